The van der Waals surface area contributed by atoms with Crippen molar-refractivity contribution in [3.8, 4) is 0 Å². The molecule has 10 heavy (non-hydrogen) atoms. The van der Waals surface area contributed by atoms with E-state index < -0.39 is 0 Å². The van der Waals surface area contributed by atoms with Gasteiger partial charge >= 0.3 is 0 Å². The van der Waals surface area contributed by atoms with Crippen molar-refractivity contribution in [2.24, 2.45) is 11.0 Å². The first-order valence-electron chi connectivity index (χ1n) is 3.04. The first-order chi connectivity index (χ1) is 4.66. The van der Waals surface area contributed by atoms with Crippen LogP contribution in [0.3, 0.4) is 0 Å². The minimum atomic E-state index is -0.128. The van der Waals surface area contributed by atoms with Crippen LogP contribution in [0.2, 0.25) is 0 Å². The molecular weight excluding hydrogens is 148 g/mol. The zero-order chi connectivity index (χ0) is 7.98. The Kier molecular flexibility index (Phi) is 5.02. The van der Waals surface area contributed by atoms with Crippen LogP contribution in [0, 0.1) is 5.92 Å². The van der Waals surface area contributed by atoms with Crippen molar-refractivity contribution in [2.45, 2.75) is 13.8 Å². The fourth-order valence-electron chi connectivity index (χ4n) is 0.285. The Morgan fingerprint density at radius 3 is 2.70 bits per heavy atom. The van der Waals surface area contributed by atoms with E-state index in [9.17, 15) is 4.79 Å². The lowest BCUT2D eigenvalue weighted by molar-refractivity contribution is 0.261. The number of hydrogen-bond acceptors (Lipinski definition) is 3. The Bertz CT molecular complexity index is 134. The van der Waals surface area contributed by atoms with E-state index in [2.05, 4.69) is 10.5 Å². The molecule has 0 saturated heterocycles. The number of carbonyl (C=O) groups excluding carboxylic acids is 1. The average Bonchev–Trinajstić information content (AvgIpc) is 1.87. The van der Waals surface area contributed by atoms with Gasteiger partial charge in [-0.2, -0.15) is 5.10 Å². The fraction of sp³-hybridized carbons (Fsp3) is 0.667. The van der Waals surface area contributed by atoms with E-state index in [1.165, 1.54) is 0 Å². The van der Waals surface area contributed by atoms with Crippen LogP contribution in [0.4, 0.5) is 4.79 Å². The SMILES string of the molecule is CSC(=O)N/N=C/C(C)C. The number of amides is 1. The predicted molar refractivity (Wildman–Crippen MR) is 45.4 cm³/mol. The lowest BCUT2D eigenvalue weighted by Crippen LogP contribution is -2.11. The Morgan fingerprint density at radius 1 is 1.70 bits per heavy atom. The molecule has 4 heteroatoms. The summed E-state index contributed by atoms with van der Waals surface area (Å²) in [4.78, 5) is 10.5. The van der Waals surface area contributed by atoms with E-state index in [0.717, 1.165) is 11.8 Å². The Morgan fingerprint density at radius 2 is 2.30 bits per heavy atom. The maximum Gasteiger partial charge on any atom is 0.298 e. The molecule has 0 spiro atoms. The second-order valence-electron chi connectivity index (χ2n) is 2.13. The number of thioether (sulfide) groups is 1. The molecule has 0 aliphatic rings. The van der Waals surface area contributed by atoms with Gasteiger partial charge in [0.15, 0.2) is 0 Å². The molecule has 0 aliphatic carbocycles. The molecule has 58 valence electrons. The summed E-state index contributed by atoms with van der Waals surface area (Å²) in [5.74, 6) is 0.377. The van der Waals surface area contributed by atoms with Gasteiger partial charge in [-0.15, -0.1) is 0 Å². The number of rotatable bonds is 2. The minimum absolute atomic E-state index is 0.128. The molecule has 0 unspecified atom stereocenters. The number of nitrogens with one attached hydrogen (secondary N) is 1. The largest absolute Gasteiger partial charge is 0.298 e. The summed E-state index contributed by atoms with van der Waals surface area (Å²) in [6.45, 7) is 3.99. The minimum Gasteiger partial charge on any atom is -0.260 e. The first kappa shape index (κ1) is 9.49. The monoisotopic (exact) mass is 160 g/mol. The lowest BCUT2D eigenvalue weighted by atomic mass is 10.3. The van der Waals surface area contributed by atoms with Gasteiger partial charge in [0.2, 0.25) is 0 Å². The quantitative estimate of drug-likeness (QED) is 0.493. The van der Waals surface area contributed by atoms with E-state index in [1.807, 2.05) is 13.8 Å². The Balaban J connectivity index is 3.43. The third-order valence-electron chi connectivity index (χ3n) is 0.714. The third kappa shape index (κ3) is 5.62. The van der Waals surface area contributed by atoms with Crippen LogP contribution in [0.25, 0.3) is 0 Å². The summed E-state index contributed by atoms with van der Waals surface area (Å²) in [5, 5.41) is 3.57. The molecule has 0 atom stereocenters. The molecule has 0 radical (unpaired) electrons. The molecule has 0 fully saturated rings. The number of hydrazone groups is 1. The molecule has 1 amide bonds. The second-order valence-corrected chi connectivity index (χ2v) is 2.90. The van der Waals surface area contributed by atoms with E-state index in [1.54, 1.807) is 12.5 Å². The molecule has 0 aromatic carbocycles. The van der Waals surface area contributed by atoms with Gasteiger partial charge in [0.25, 0.3) is 5.24 Å². The lowest BCUT2D eigenvalue weighted by Gasteiger charge is -1.94. The van der Waals surface area contributed by atoms with Crippen LogP contribution in [0.5, 0.6) is 0 Å². The summed E-state index contributed by atoms with van der Waals surface area (Å²) in [7, 11) is 0. The second kappa shape index (κ2) is 5.29. The van der Waals surface area contributed by atoms with Crippen molar-refractivity contribution in [1.82, 2.24) is 5.43 Å². The Hall–Kier alpha value is -0.510. The maximum absolute atomic E-state index is 10.5. The van der Waals surface area contributed by atoms with Gasteiger partial charge in [-0.1, -0.05) is 25.6 Å². The fourth-order valence-corrected chi connectivity index (χ4v) is 0.429. The van der Waals surface area contributed by atoms with Crippen molar-refractivity contribution in [3.63, 3.8) is 0 Å². The van der Waals surface area contributed by atoms with Crippen LogP contribution in [0.1, 0.15) is 13.8 Å². The highest BCUT2D eigenvalue weighted by Crippen LogP contribution is 1.91. The smallest absolute Gasteiger partial charge is 0.260 e. The van der Waals surface area contributed by atoms with Gasteiger partial charge < -0.3 is 0 Å². The van der Waals surface area contributed by atoms with Crippen molar-refractivity contribution < 1.29 is 4.79 Å². The van der Waals surface area contributed by atoms with Crippen LogP contribution < -0.4 is 5.43 Å². The zero-order valence-electron chi connectivity index (χ0n) is 6.42. The molecular formula is C6H12N2OS. The standard InChI is InChI=1S/C6H12N2OS/c1-5(2)4-7-8-6(9)10-3/h4-5H,1-3H3,(H,8,9)/b7-4+. The van der Waals surface area contributed by atoms with Crippen molar-refractivity contribution in [2.75, 3.05) is 6.26 Å². The van der Waals surface area contributed by atoms with Crippen LogP contribution in [-0.2, 0) is 0 Å². The summed E-state index contributed by atoms with van der Waals surface area (Å²) < 4.78 is 0. The van der Waals surface area contributed by atoms with Gasteiger partial charge in [-0.25, -0.2) is 5.43 Å². The van der Waals surface area contributed by atoms with E-state index >= 15 is 0 Å². The Labute approximate surface area is 65.3 Å². The summed E-state index contributed by atoms with van der Waals surface area (Å²) in [6, 6.07) is 0. The van der Waals surface area contributed by atoms with Gasteiger partial charge in [0, 0.05) is 6.21 Å². The number of nitrogens with zero attached hydrogens (tertiary/aromatic N) is 1. The molecule has 0 saturated carbocycles. The molecule has 3 nitrogen and oxygen atoms in total. The van der Waals surface area contributed by atoms with Crippen molar-refractivity contribution >= 4 is 23.2 Å². The topological polar surface area (TPSA) is 41.5 Å². The third-order valence-corrected chi connectivity index (χ3v) is 1.18. The normalized spacial score (nSPS) is 10.8. The zero-order valence-corrected chi connectivity index (χ0v) is 7.23. The van der Waals surface area contributed by atoms with E-state index in [0.29, 0.717) is 5.92 Å². The molecule has 0 bridgehead atoms. The van der Waals surface area contributed by atoms with E-state index in [4.69, 9.17) is 0 Å². The molecule has 0 heterocycles. The summed E-state index contributed by atoms with van der Waals surface area (Å²) in [5.41, 5.74) is 2.36. The van der Waals surface area contributed by atoms with Crippen LogP contribution in [-0.4, -0.2) is 17.7 Å². The van der Waals surface area contributed by atoms with Gasteiger partial charge in [-0.3, -0.25) is 4.79 Å². The van der Waals surface area contributed by atoms with Gasteiger partial charge in [0.1, 0.15) is 0 Å². The molecule has 0 aliphatic heterocycles. The highest BCUT2D eigenvalue weighted by atomic mass is 32.2. The first-order valence-corrected chi connectivity index (χ1v) is 4.26. The molecule has 0 rings (SSSR count). The van der Waals surface area contributed by atoms with Crippen LogP contribution in [0.15, 0.2) is 5.10 Å². The summed E-state index contributed by atoms with van der Waals surface area (Å²) >= 11 is 1.11. The van der Waals surface area contributed by atoms with Gasteiger partial charge in [0.05, 0.1) is 0 Å². The maximum atomic E-state index is 10.5. The predicted octanol–water partition coefficient (Wildman–Crippen LogP) is 1.70. The molecule has 1 N–H and O–H groups in total. The van der Waals surface area contributed by atoms with Crippen molar-refractivity contribution in [1.29, 1.82) is 0 Å². The van der Waals surface area contributed by atoms with Crippen molar-refractivity contribution in [3.05, 3.63) is 0 Å². The highest BCUT2D eigenvalue weighted by Gasteiger charge is 1.91. The van der Waals surface area contributed by atoms with Gasteiger partial charge in [-0.05, 0) is 12.2 Å². The highest BCUT2D eigenvalue weighted by molar-refractivity contribution is 8.12. The molecule has 0 aromatic rings. The molecule has 0 aromatic heterocycles. The van der Waals surface area contributed by atoms with Crippen LogP contribution >= 0.6 is 11.8 Å². The number of carbonyl (C=O) groups is 1. The number of hydrogen-bond donors (Lipinski definition) is 1. The van der Waals surface area contributed by atoms with E-state index in [-0.39, 0.29) is 5.24 Å². The summed E-state index contributed by atoms with van der Waals surface area (Å²) in [6.07, 6.45) is 3.40. The average molecular weight is 160 g/mol.